The number of nitrogens with two attached hydrogens (primary N) is 1. The number of carbonyl (C=O) groups excluding carboxylic acids is 1. The fraction of sp³-hybridized carbons (Fsp3) is 0.136. The van der Waals surface area contributed by atoms with Gasteiger partial charge in [-0.05, 0) is 42.3 Å². The van der Waals surface area contributed by atoms with Gasteiger partial charge in [-0.3, -0.25) is 10.2 Å². The van der Waals surface area contributed by atoms with Crippen molar-refractivity contribution in [3.8, 4) is 11.1 Å². The smallest absolute Gasteiger partial charge is 0.274 e. The minimum Gasteiger partial charge on any atom is -0.398 e. The Morgan fingerprint density at radius 2 is 1.93 bits per heavy atom. The second-order valence-corrected chi connectivity index (χ2v) is 6.98. The molecular weight excluding hydrogens is 388 g/mol. The lowest BCUT2D eigenvalue weighted by molar-refractivity contribution is -0.110. The van der Waals surface area contributed by atoms with Crippen LogP contribution in [0.1, 0.15) is 12.0 Å². The third kappa shape index (κ3) is 3.71. The Bertz CT molecular complexity index is 1130. The molecule has 0 radical (unpaired) electrons. The molecule has 0 bridgehead atoms. The molecule has 1 fully saturated rings. The molecule has 152 valence electrons. The van der Waals surface area contributed by atoms with Gasteiger partial charge in [0.1, 0.15) is 11.5 Å². The topological polar surface area (TPSA) is 95.1 Å². The van der Waals surface area contributed by atoms with E-state index < -0.39 is 23.3 Å². The van der Waals surface area contributed by atoms with Crippen molar-refractivity contribution in [3.63, 3.8) is 0 Å². The van der Waals surface area contributed by atoms with Gasteiger partial charge in [0.05, 0.1) is 11.9 Å². The molecule has 1 aromatic heterocycles. The second kappa shape index (κ2) is 7.90. The number of nitrogens with zero attached hydrogens (tertiary/aromatic N) is 2. The van der Waals surface area contributed by atoms with Crippen molar-refractivity contribution < 1.29 is 13.6 Å². The zero-order valence-corrected chi connectivity index (χ0v) is 16.0. The molecule has 6 nitrogen and oxygen atoms in total. The van der Waals surface area contributed by atoms with Gasteiger partial charge in [-0.25, -0.2) is 13.8 Å². The van der Waals surface area contributed by atoms with E-state index in [1.54, 1.807) is 12.1 Å². The lowest BCUT2D eigenvalue weighted by Gasteiger charge is -2.31. The molecule has 1 aliphatic heterocycles. The van der Waals surface area contributed by atoms with E-state index in [4.69, 9.17) is 11.1 Å². The SMILES string of the molecule is N=C(C(=O)Nc1ccc(N2CCC2)nc1)c1cc(-c2cccc(F)c2F)ccc1N. The molecular formula is C22H19F2N5O. The minimum absolute atomic E-state index is 0.0234. The van der Waals surface area contributed by atoms with Gasteiger partial charge in [0.15, 0.2) is 11.6 Å². The Morgan fingerprint density at radius 3 is 2.60 bits per heavy atom. The molecule has 0 saturated carbocycles. The van der Waals surface area contributed by atoms with E-state index in [9.17, 15) is 13.6 Å². The Kier molecular flexibility index (Phi) is 5.14. The number of amides is 1. The van der Waals surface area contributed by atoms with Crippen molar-refractivity contribution in [1.82, 2.24) is 4.98 Å². The Labute approximate surface area is 171 Å². The first-order valence-electron chi connectivity index (χ1n) is 9.39. The molecule has 0 atom stereocenters. The molecule has 0 aliphatic carbocycles. The number of hydrogen-bond acceptors (Lipinski definition) is 5. The van der Waals surface area contributed by atoms with Crippen LogP contribution in [0, 0.1) is 17.0 Å². The molecule has 8 heteroatoms. The molecule has 30 heavy (non-hydrogen) atoms. The number of nitrogen functional groups attached to an aromatic ring is 1. The van der Waals surface area contributed by atoms with E-state index in [-0.39, 0.29) is 16.8 Å². The highest BCUT2D eigenvalue weighted by Crippen LogP contribution is 2.28. The summed E-state index contributed by atoms with van der Waals surface area (Å²) < 4.78 is 27.7. The Morgan fingerprint density at radius 1 is 1.13 bits per heavy atom. The first kappa shape index (κ1) is 19.5. The predicted molar refractivity (Wildman–Crippen MR) is 113 cm³/mol. The van der Waals surface area contributed by atoms with Crippen molar-refractivity contribution in [2.75, 3.05) is 29.0 Å². The summed E-state index contributed by atoms with van der Waals surface area (Å²) in [5, 5.41) is 10.9. The molecule has 4 N–H and O–H groups in total. The summed E-state index contributed by atoms with van der Waals surface area (Å²) in [6.45, 7) is 1.93. The molecule has 1 aliphatic rings. The maximum Gasteiger partial charge on any atom is 0.274 e. The van der Waals surface area contributed by atoms with E-state index in [1.165, 1.54) is 36.5 Å². The maximum absolute atomic E-state index is 14.1. The molecule has 0 spiro atoms. The predicted octanol–water partition coefficient (Wildman–Crippen LogP) is 3.83. The summed E-state index contributed by atoms with van der Waals surface area (Å²) in [7, 11) is 0. The number of anilines is 3. The van der Waals surface area contributed by atoms with Gasteiger partial charge in [-0.2, -0.15) is 0 Å². The Hall–Kier alpha value is -3.81. The van der Waals surface area contributed by atoms with Gasteiger partial charge in [-0.15, -0.1) is 0 Å². The van der Waals surface area contributed by atoms with Crippen LogP contribution >= 0.6 is 0 Å². The van der Waals surface area contributed by atoms with Crippen molar-refractivity contribution in [3.05, 3.63) is 71.9 Å². The van der Waals surface area contributed by atoms with E-state index in [0.717, 1.165) is 31.4 Å². The zero-order chi connectivity index (χ0) is 21.3. The first-order valence-corrected chi connectivity index (χ1v) is 9.39. The van der Waals surface area contributed by atoms with Crippen LogP contribution in [0.25, 0.3) is 11.1 Å². The molecule has 1 saturated heterocycles. The molecule has 2 heterocycles. The summed E-state index contributed by atoms with van der Waals surface area (Å²) in [5.41, 5.74) is 6.63. The zero-order valence-electron chi connectivity index (χ0n) is 16.0. The third-order valence-corrected chi connectivity index (χ3v) is 5.00. The van der Waals surface area contributed by atoms with Crippen molar-refractivity contribution >= 4 is 28.8 Å². The first-order chi connectivity index (χ1) is 14.4. The highest BCUT2D eigenvalue weighted by atomic mass is 19.2. The quantitative estimate of drug-likeness (QED) is 0.443. The fourth-order valence-corrected chi connectivity index (χ4v) is 3.18. The van der Waals surface area contributed by atoms with Gasteiger partial charge in [0, 0.05) is 29.9 Å². The fourth-order valence-electron chi connectivity index (χ4n) is 3.18. The normalized spacial score (nSPS) is 12.9. The van der Waals surface area contributed by atoms with Crippen LogP contribution in [0.3, 0.4) is 0 Å². The number of halogens is 2. The number of nitrogens with one attached hydrogen (secondary N) is 2. The van der Waals surface area contributed by atoms with Gasteiger partial charge in [0.25, 0.3) is 5.91 Å². The highest BCUT2D eigenvalue weighted by molar-refractivity contribution is 6.48. The number of aromatic nitrogens is 1. The van der Waals surface area contributed by atoms with E-state index >= 15 is 0 Å². The minimum atomic E-state index is -1.00. The van der Waals surface area contributed by atoms with Gasteiger partial charge in [0.2, 0.25) is 0 Å². The molecule has 2 aromatic carbocycles. The van der Waals surface area contributed by atoms with Crippen LogP contribution in [-0.2, 0) is 4.79 Å². The molecule has 4 rings (SSSR count). The van der Waals surface area contributed by atoms with Crippen molar-refractivity contribution in [1.29, 1.82) is 5.41 Å². The van der Waals surface area contributed by atoms with Crippen LogP contribution in [0.15, 0.2) is 54.7 Å². The number of rotatable bonds is 5. The van der Waals surface area contributed by atoms with Crippen molar-refractivity contribution in [2.45, 2.75) is 6.42 Å². The lowest BCUT2D eigenvalue weighted by atomic mass is 9.98. The summed E-state index contributed by atoms with van der Waals surface area (Å²) in [6, 6.07) is 11.7. The number of benzene rings is 2. The molecule has 0 unspecified atom stereocenters. The van der Waals surface area contributed by atoms with Crippen LogP contribution in [0.2, 0.25) is 0 Å². The van der Waals surface area contributed by atoms with Gasteiger partial charge >= 0.3 is 0 Å². The monoisotopic (exact) mass is 407 g/mol. The standard InChI is InChI=1S/C22H19F2N5O/c23-17-4-1-3-15(20(17)24)13-5-7-18(25)16(11-13)21(26)22(30)28-14-6-8-19(27-12-14)29-9-2-10-29/h1,3-8,11-12,26H,2,9-10,25H2,(H,28,30). The summed E-state index contributed by atoms with van der Waals surface area (Å²) >= 11 is 0. The van der Waals surface area contributed by atoms with E-state index in [2.05, 4.69) is 15.2 Å². The second-order valence-electron chi connectivity index (χ2n) is 6.98. The number of hydrogen-bond donors (Lipinski definition) is 3. The molecule has 3 aromatic rings. The maximum atomic E-state index is 14.1. The van der Waals surface area contributed by atoms with Crippen LogP contribution in [0.5, 0.6) is 0 Å². The third-order valence-electron chi connectivity index (χ3n) is 5.00. The Balaban J connectivity index is 1.55. The summed E-state index contributed by atoms with van der Waals surface area (Å²) in [6.07, 6.45) is 2.66. The van der Waals surface area contributed by atoms with Crippen molar-refractivity contribution in [2.24, 2.45) is 0 Å². The largest absolute Gasteiger partial charge is 0.398 e. The van der Waals surface area contributed by atoms with Gasteiger partial charge in [-0.1, -0.05) is 18.2 Å². The average Bonchev–Trinajstić information content (AvgIpc) is 2.70. The van der Waals surface area contributed by atoms with Crippen LogP contribution < -0.4 is 16.0 Å². The van der Waals surface area contributed by atoms with Crippen LogP contribution in [0.4, 0.5) is 26.0 Å². The summed E-state index contributed by atoms with van der Waals surface area (Å²) in [5.74, 6) is -1.83. The van der Waals surface area contributed by atoms with E-state index in [0.29, 0.717) is 11.3 Å². The van der Waals surface area contributed by atoms with Gasteiger partial charge < -0.3 is 16.0 Å². The average molecular weight is 407 g/mol. The number of carbonyl (C=O) groups is 1. The van der Waals surface area contributed by atoms with Crippen LogP contribution in [-0.4, -0.2) is 29.7 Å². The number of pyridine rings is 1. The van der Waals surface area contributed by atoms with E-state index in [1.807, 2.05) is 0 Å². The summed E-state index contributed by atoms with van der Waals surface area (Å²) in [4.78, 5) is 19.0. The highest BCUT2D eigenvalue weighted by Gasteiger charge is 2.19. The molecule has 1 amide bonds. The lowest BCUT2D eigenvalue weighted by Crippen LogP contribution is -2.37.